The van der Waals surface area contributed by atoms with Crippen molar-refractivity contribution in [3.63, 3.8) is 0 Å². The van der Waals surface area contributed by atoms with Crippen molar-refractivity contribution in [2.75, 3.05) is 26.8 Å². The number of nitrogens with zero attached hydrogens (tertiary/aromatic N) is 1. The molecule has 0 radical (unpaired) electrons. The predicted octanol–water partition coefficient (Wildman–Crippen LogP) is 0.00310. The molecule has 0 saturated carbocycles. The molecule has 0 aliphatic carbocycles. The number of hydrogen-bond acceptors (Lipinski definition) is 4. The van der Waals surface area contributed by atoms with E-state index in [0.29, 0.717) is 4.90 Å². The van der Waals surface area contributed by atoms with E-state index in [-0.39, 0.29) is 26.0 Å². The van der Waals surface area contributed by atoms with Gasteiger partial charge in [-0.3, -0.25) is 9.59 Å². The van der Waals surface area contributed by atoms with Crippen molar-refractivity contribution in [1.82, 2.24) is 10.2 Å². The van der Waals surface area contributed by atoms with Crippen LogP contribution < -0.4 is 5.32 Å². The minimum Gasteiger partial charge on any atom is -0.480 e. The third kappa shape index (κ3) is 5.51. The predicted molar refractivity (Wildman–Crippen MR) is 66.8 cm³/mol. The van der Waals surface area contributed by atoms with Gasteiger partial charge in [-0.25, -0.2) is 4.79 Å². The highest BCUT2D eigenvalue weighted by Crippen LogP contribution is 2.24. The monoisotopic (exact) mass is 326 g/mol. The van der Waals surface area contributed by atoms with Crippen molar-refractivity contribution >= 4 is 17.8 Å². The van der Waals surface area contributed by atoms with E-state index < -0.39 is 42.5 Å². The first-order chi connectivity index (χ1) is 10.1. The third-order valence-corrected chi connectivity index (χ3v) is 3.18. The molecule has 2 N–H and O–H groups in total. The number of carboxylic acids is 1. The Hall–Kier alpha value is -1.84. The molecule has 2 atom stereocenters. The Kier molecular flexibility index (Phi) is 6.15. The second-order valence-electron chi connectivity index (χ2n) is 4.97. The Labute approximate surface area is 124 Å². The van der Waals surface area contributed by atoms with Gasteiger partial charge in [-0.05, 0) is 0 Å². The summed E-state index contributed by atoms with van der Waals surface area (Å²) in [6, 6.07) is -1.21. The number of methoxy groups -OCH3 is 1. The van der Waals surface area contributed by atoms with Gasteiger partial charge in [0.05, 0.1) is 5.92 Å². The number of carbonyl (C=O) groups is 3. The molecule has 1 heterocycles. The van der Waals surface area contributed by atoms with Gasteiger partial charge in [0.25, 0.3) is 0 Å². The first kappa shape index (κ1) is 18.2. The molecule has 7 nitrogen and oxygen atoms in total. The molecule has 22 heavy (non-hydrogen) atoms. The smallest absolute Gasteiger partial charge is 0.406 e. The van der Waals surface area contributed by atoms with Gasteiger partial charge in [-0.1, -0.05) is 0 Å². The van der Waals surface area contributed by atoms with Gasteiger partial charge in [0.1, 0.15) is 12.6 Å². The summed E-state index contributed by atoms with van der Waals surface area (Å²) < 4.78 is 41.6. The van der Waals surface area contributed by atoms with Gasteiger partial charge < -0.3 is 20.1 Å². The maximum absolute atomic E-state index is 12.3. The molecule has 0 aromatic heterocycles. The number of ether oxygens (including phenoxy) is 1. The van der Waals surface area contributed by atoms with Crippen LogP contribution in [0.2, 0.25) is 0 Å². The van der Waals surface area contributed by atoms with Gasteiger partial charge in [-0.2, -0.15) is 13.2 Å². The van der Waals surface area contributed by atoms with E-state index in [0.717, 1.165) is 0 Å². The molecule has 1 fully saturated rings. The molecular weight excluding hydrogens is 309 g/mol. The maximum Gasteiger partial charge on any atom is 0.406 e. The maximum atomic E-state index is 12.3. The lowest BCUT2D eigenvalue weighted by atomic mass is 10.1. The Bertz CT molecular complexity index is 441. The SMILES string of the molecule is COCCC(NC(=O)C1CC(=O)N(CC(F)(F)F)C1)C(=O)O. The van der Waals surface area contributed by atoms with Crippen LogP contribution in [0, 0.1) is 5.92 Å². The molecule has 1 aliphatic rings. The number of aliphatic carboxylic acids is 1. The second kappa shape index (κ2) is 7.43. The molecule has 2 amide bonds. The van der Waals surface area contributed by atoms with Crippen LogP contribution in [0.4, 0.5) is 13.2 Å². The number of hydrogen-bond donors (Lipinski definition) is 2. The summed E-state index contributed by atoms with van der Waals surface area (Å²) in [5.41, 5.74) is 0. The molecule has 10 heteroatoms. The minimum absolute atomic E-state index is 0.0184. The molecule has 0 spiro atoms. The summed E-state index contributed by atoms with van der Waals surface area (Å²) in [4.78, 5) is 34.9. The fourth-order valence-corrected chi connectivity index (χ4v) is 2.10. The van der Waals surface area contributed by atoms with Crippen molar-refractivity contribution in [3.05, 3.63) is 0 Å². The van der Waals surface area contributed by atoms with Crippen LogP contribution in [0.25, 0.3) is 0 Å². The zero-order valence-electron chi connectivity index (χ0n) is 11.9. The molecule has 0 aromatic carbocycles. The highest BCUT2D eigenvalue weighted by atomic mass is 19.4. The van der Waals surface area contributed by atoms with E-state index in [9.17, 15) is 27.6 Å². The molecule has 126 valence electrons. The van der Waals surface area contributed by atoms with Gasteiger partial charge in [0.15, 0.2) is 0 Å². The average Bonchev–Trinajstić information content (AvgIpc) is 2.73. The standard InChI is InChI=1S/C12H17F3N2O5/c1-22-3-2-8(11(20)21)16-10(19)7-4-9(18)17(5-7)6-12(13,14)15/h7-8H,2-6H2,1H3,(H,16,19)(H,20,21). The van der Waals surface area contributed by atoms with Crippen LogP contribution >= 0.6 is 0 Å². The van der Waals surface area contributed by atoms with Crippen LogP contribution in [-0.4, -0.2) is 66.8 Å². The lowest BCUT2D eigenvalue weighted by Crippen LogP contribution is -2.45. The first-order valence-corrected chi connectivity index (χ1v) is 6.50. The Morgan fingerprint density at radius 1 is 1.50 bits per heavy atom. The highest BCUT2D eigenvalue weighted by molar-refractivity contribution is 5.91. The summed E-state index contributed by atoms with van der Waals surface area (Å²) >= 11 is 0. The van der Waals surface area contributed by atoms with E-state index in [2.05, 4.69) is 5.32 Å². The van der Waals surface area contributed by atoms with Crippen LogP contribution in [0.3, 0.4) is 0 Å². The van der Waals surface area contributed by atoms with Crippen molar-refractivity contribution in [3.8, 4) is 0 Å². The molecule has 0 bridgehead atoms. The van der Waals surface area contributed by atoms with Crippen molar-refractivity contribution in [1.29, 1.82) is 0 Å². The number of rotatable bonds is 7. The number of amides is 2. The van der Waals surface area contributed by atoms with E-state index in [1.165, 1.54) is 7.11 Å². The van der Waals surface area contributed by atoms with Crippen LogP contribution in [0.1, 0.15) is 12.8 Å². The Morgan fingerprint density at radius 3 is 2.64 bits per heavy atom. The van der Waals surface area contributed by atoms with Crippen molar-refractivity contribution in [2.24, 2.45) is 5.92 Å². The Balaban J connectivity index is 2.59. The van der Waals surface area contributed by atoms with Crippen LogP contribution in [-0.2, 0) is 19.1 Å². The summed E-state index contributed by atoms with van der Waals surface area (Å²) in [5.74, 6) is -3.79. The Morgan fingerprint density at radius 2 is 2.14 bits per heavy atom. The fourth-order valence-electron chi connectivity index (χ4n) is 2.10. The van der Waals surface area contributed by atoms with Gasteiger partial charge in [0.2, 0.25) is 11.8 Å². The number of alkyl halides is 3. The van der Waals surface area contributed by atoms with Crippen LogP contribution in [0.15, 0.2) is 0 Å². The van der Waals surface area contributed by atoms with E-state index >= 15 is 0 Å². The largest absolute Gasteiger partial charge is 0.480 e. The zero-order valence-corrected chi connectivity index (χ0v) is 11.9. The second-order valence-corrected chi connectivity index (χ2v) is 4.97. The summed E-state index contributed by atoms with van der Waals surface area (Å²) in [5, 5.41) is 11.2. The number of carboxylic acid groups (broad SMARTS) is 1. The van der Waals surface area contributed by atoms with Gasteiger partial charge in [-0.15, -0.1) is 0 Å². The van der Waals surface area contributed by atoms with E-state index in [4.69, 9.17) is 9.84 Å². The number of halogens is 3. The number of likely N-dealkylation sites (tertiary alicyclic amines) is 1. The fraction of sp³-hybridized carbons (Fsp3) is 0.750. The average molecular weight is 326 g/mol. The lowest BCUT2D eigenvalue weighted by molar-refractivity contribution is -0.157. The lowest BCUT2D eigenvalue weighted by Gasteiger charge is -2.19. The minimum atomic E-state index is -4.54. The third-order valence-electron chi connectivity index (χ3n) is 3.18. The summed E-state index contributed by atoms with van der Waals surface area (Å²) in [6.07, 6.45) is -4.88. The van der Waals surface area contributed by atoms with E-state index in [1.54, 1.807) is 0 Å². The molecule has 0 aromatic rings. The van der Waals surface area contributed by atoms with E-state index in [1.807, 2.05) is 0 Å². The molecule has 1 rings (SSSR count). The zero-order chi connectivity index (χ0) is 16.9. The summed E-state index contributed by atoms with van der Waals surface area (Å²) in [7, 11) is 1.37. The highest BCUT2D eigenvalue weighted by Gasteiger charge is 2.41. The first-order valence-electron chi connectivity index (χ1n) is 6.50. The van der Waals surface area contributed by atoms with Crippen molar-refractivity contribution < 1.29 is 37.4 Å². The summed E-state index contributed by atoms with van der Waals surface area (Å²) in [6.45, 7) is -1.69. The van der Waals surface area contributed by atoms with Gasteiger partial charge in [0, 0.05) is 33.1 Å². The number of nitrogens with one attached hydrogen (secondary N) is 1. The molecule has 1 saturated heterocycles. The quantitative estimate of drug-likeness (QED) is 0.687. The van der Waals surface area contributed by atoms with Crippen LogP contribution in [0.5, 0.6) is 0 Å². The molecule has 2 unspecified atom stereocenters. The molecule has 1 aliphatic heterocycles. The van der Waals surface area contributed by atoms with Crippen molar-refractivity contribution in [2.45, 2.75) is 25.1 Å². The normalized spacial score (nSPS) is 20.1. The topological polar surface area (TPSA) is 95.9 Å². The molecular formula is C12H17F3N2O5. The number of carbonyl (C=O) groups excluding carboxylic acids is 2. The van der Waals surface area contributed by atoms with Gasteiger partial charge >= 0.3 is 12.1 Å².